The molecule has 3 rings (SSSR count). The van der Waals surface area contributed by atoms with Gasteiger partial charge in [0, 0.05) is 38.2 Å². The Labute approximate surface area is 148 Å². The Morgan fingerprint density at radius 3 is 2.80 bits per heavy atom. The number of nitrogens with one attached hydrogen (secondary N) is 1. The second kappa shape index (κ2) is 8.85. The molecule has 1 unspecified atom stereocenters. The second-order valence-electron chi connectivity index (χ2n) is 6.61. The number of anilines is 1. The van der Waals surface area contributed by atoms with Crippen molar-refractivity contribution in [2.24, 2.45) is 0 Å². The van der Waals surface area contributed by atoms with Crippen molar-refractivity contribution >= 4 is 17.5 Å². The Hall–Kier alpha value is -2.08. The van der Waals surface area contributed by atoms with E-state index in [9.17, 15) is 9.59 Å². The minimum Gasteiger partial charge on any atom is -0.491 e. The molecule has 0 bridgehead atoms. The number of amides is 2. The molecule has 2 saturated heterocycles. The molecule has 25 heavy (non-hydrogen) atoms. The first-order valence-electron chi connectivity index (χ1n) is 9.13. The van der Waals surface area contributed by atoms with Crippen LogP contribution in [0.2, 0.25) is 0 Å². The maximum atomic E-state index is 12.0. The molecule has 0 radical (unpaired) electrons. The van der Waals surface area contributed by atoms with E-state index in [0.717, 1.165) is 50.3 Å². The Morgan fingerprint density at radius 1 is 1.24 bits per heavy atom. The molecule has 2 amide bonds. The average molecular weight is 346 g/mol. The first-order chi connectivity index (χ1) is 12.2. The van der Waals surface area contributed by atoms with Crippen LogP contribution in [0.25, 0.3) is 0 Å². The zero-order valence-electron chi connectivity index (χ0n) is 14.5. The molecule has 136 valence electrons. The van der Waals surface area contributed by atoms with E-state index in [-0.39, 0.29) is 17.9 Å². The van der Waals surface area contributed by atoms with Crippen molar-refractivity contribution in [2.45, 2.75) is 44.6 Å². The van der Waals surface area contributed by atoms with Gasteiger partial charge in [-0.1, -0.05) is 0 Å². The van der Waals surface area contributed by atoms with Gasteiger partial charge in [0.15, 0.2) is 0 Å². The topological polar surface area (TPSA) is 67.9 Å². The lowest BCUT2D eigenvalue weighted by molar-refractivity contribution is -0.133. The summed E-state index contributed by atoms with van der Waals surface area (Å²) in [4.78, 5) is 25.6. The Balaban J connectivity index is 1.39. The molecule has 1 aromatic carbocycles. The van der Waals surface area contributed by atoms with Crippen LogP contribution in [0, 0.1) is 0 Å². The molecule has 1 N–H and O–H groups in total. The van der Waals surface area contributed by atoms with Crippen molar-refractivity contribution in [3.8, 4) is 5.75 Å². The van der Waals surface area contributed by atoms with Crippen molar-refractivity contribution in [3.05, 3.63) is 24.3 Å². The fourth-order valence-corrected chi connectivity index (χ4v) is 3.16. The van der Waals surface area contributed by atoms with Crippen LogP contribution in [-0.2, 0) is 14.3 Å². The molecule has 2 aliphatic heterocycles. The molecule has 0 spiro atoms. The monoisotopic (exact) mass is 346 g/mol. The quantitative estimate of drug-likeness (QED) is 0.824. The lowest BCUT2D eigenvalue weighted by Crippen LogP contribution is -2.37. The molecule has 6 nitrogen and oxygen atoms in total. The van der Waals surface area contributed by atoms with Crippen LogP contribution in [0.4, 0.5) is 5.69 Å². The van der Waals surface area contributed by atoms with E-state index in [4.69, 9.17) is 9.47 Å². The van der Waals surface area contributed by atoms with E-state index in [0.29, 0.717) is 26.0 Å². The molecule has 1 aromatic rings. The van der Waals surface area contributed by atoms with Crippen molar-refractivity contribution in [2.75, 3.05) is 31.6 Å². The predicted octanol–water partition coefficient (Wildman–Crippen LogP) is 2.59. The van der Waals surface area contributed by atoms with E-state index < -0.39 is 0 Å². The van der Waals surface area contributed by atoms with Gasteiger partial charge in [0.25, 0.3) is 0 Å². The van der Waals surface area contributed by atoms with Crippen LogP contribution in [0.5, 0.6) is 5.75 Å². The number of benzene rings is 1. The Morgan fingerprint density at radius 2 is 2.08 bits per heavy atom. The summed E-state index contributed by atoms with van der Waals surface area (Å²) < 4.78 is 11.2. The summed E-state index contributed by atoms with van der Waals surface area (Å²) in [6.45, 7) is 2.65. The van der Waals surface area contributed by atoms with Gasteiger partial charge in [0.2, 0.25) is 11.8 Å². The molecular weight excluding hydrogens is 320 g/mol. The standard InChI is InChI=1S/C19H26N2O4/c22-18(10-12-21-11-2-1-5-19(21)23)20-15-6-8-16(9-7-15)25-14-17-4-3-13-24-17/h6-9,17H,1-5,10-14H2,(H,20,22). The zero-order valence-corrected chi connectivity index (χ0v) is 14.5. The summed E-state index contributed by atoms with van der Waals surface area (Å²) in [6, 6.07) is 7.35. The molecule has 0 saturated carbocycles. The summed E-state index contributed by atoms with van der Waals surface area (Å²) in [7, 11) is 0. The number of hydrogen-bond donors (Lipinski definition) is 1. The number of carbonyl (C=O) groups is 2. The zero-order chi connectivity index (χ0) is 17.5. The van der Waals surface area contributed by atoms with Gasteiger partial charge in [-0.2, -0.15) is 0 Å². The lowest BCUT2D eigenvalue weighted by atomic mass is 10.1. The Kier molecular flexibility index (Phi) is 6.28. The predicted molar refractivity (Wildman–Crippen MR) is 94.6 cm³/mol. The lowest BCUT2D eigenvalue weighted by Gasteiger charge is -2.26. The number of likely N-dealkylation sites (tertiary alicyclic amines) is 1. The van der Waals surface area contributed by atoms with Gasteiger partial charge in [0.05, 0.1) is 6.10 Å². The molecule has 2 fully saturated rings. The van der Waals surface area contributed by atoms with Gasteiger partial charge in [0.1, 0.15) is 12.4 Å². The largest absolute Gasteiger partial charge is 0.491 e. The summed E-state index contributed by atoms with van der Waals surface area (Å²) in [5.41, 5.74) is 0.736. The average Bonchev–Trinajstić information content (AvgIpc) is 3.14. The number of nitrogens with zero attached hydrogens (tertiary/aromatic N) is 1. The van der Waals surface area contributed by atoms with Gasteiger partial charge in [-0.15, -0.1) is 0 Å². The third-order valence-electron chi connectivity index (χ3n) is 4.63. The maximum Gasteiger partial charge on any atom is 0.226 e. The van der Waals surface area contributed by atoms with Crippen LogP contribution in [0.1, 0.15) is 38.5 Å². The van der Waals surface area contributed by atoms with Crippen molar-refractivity contribution < 1.29 is 19.1 Å². The van der Waals surface area contributed by atoms with Gasteiger partial charge in [-0.25, -0.2) is 0 Å². The number of carbonyl (C=O) groups excluding carboxylic acids is 2. The highest BCUT2D eigenvalue weighted by molar-refractivity contribution is 5.91. The van der Waals surface area contributed by atoms with Gasteiger partial charge < -0.3 is 19.7 Å². The second-order valence-corrected chi connectivity index (χ2v) is 6.61. The SMILES string of the molecule is O=C(CCN1CCCCC1=O)Nc1ccc(OCC2CCCO2)cc1. The minimum absolute atomic E-state index is 0.0774. The van der Waals surface area contributed by atoms with E-state index in [1.807, 2.05) is 24.3 Å². The third kappa shape index (κ3) is 5.46. The van der Waals surface area contributed by atoms with Crippen LogP contribution in [-0.4, -0.2) is 49.1 Å². The van der Waals surface area contributed by atoms with Crippen LogP contribution < -0.4 is 10.1 Å². The smallest absolute Gasteiger partial charge is 0.226 e. The van der Waals surface area contributed by atoms with Gasteiger partial charge in [-0.05, 0) is 49.9 Å². The van der Waals surface area contributed by atoms with Crippen molar-refractivity contribution in [1.82, 2.24) is 4.90 Å². The first-order valence-corrected chi connectivity index (χ1v) is 9.13. The highest BCUT2D eigenvalue weighted by Crippen LogP contribution is 2.19. The molecule has 2 aliphatic rings. The first kappa shape index (κ1) is 17.7. The normalized spacial score (nSPS) is 20.6. The number of rotatable bonds is 7. The van der Waals surface area contributed by atoms with Crippen LogP contribution in [0.15, 0.2) is 24.3 Å². The molecular formula is C19H26N2O4. The number of hydrogen-bond acceptors (Lipinski definition) is 4. The van der Waals surface area contributed by atoms with Crippen LogP contribution >= 0.6 is 0 Å². The molecule has 1 atom stereocenters. The maximum absolute atomic E-state index is 12.0. The van der Waals surface area contributed by atoms with E-state index in [1.165, 1.54) is 0 Å². The number of ether oxygens (including phenoxy) is 2. The summed E-state index contributed by atoms with van der Waals surface area (Å²) in [6.07, 6.45) is 5.26. The summed E-state index contributed by atoms with van der Waals surface area (Å²) in [5, 5.41) is 2.86. The molecule has 0 aliphatic carbocycles. The summed E-state index contributed by atoms with van der Waals surface area (Å²) >= 11 is 0. The van der Waals surface area contributed by atoms with Gasteiger partial charge >= 0.3 is 0 Å². The molecule has 6 heteroatoms. The van der Waals surface area contributed by atoms with E-state index >= 15 is 0 Å². The highest BCUT2D eigenvalue weighted by atomic mass is 16.5. The van der Waals surface area contributed by atoms with Crippen LogP contribution in [0.3, 0.4) is 0 Å². The molecule has 2 heterocycles. The van der Waals surface area contributed by atoms with Crippen molar-refractivity contribution in [1.29, 1.82) is 0 Å². The minimum atomic E-state index is -0.0774. The van der Waals surface area contributed by atoms with E-state index in [2.05, 4.69) is 5.32 Å². The highest BCUT2D eigenvalue weighted by Gasteiger charge is 2.18. The number of piperidine rings is 1. The molecule has 0 aromatic heterocycles. The van der Waals surface area contributed by atoms with Crippen molar-refractivity contribution in [3.63, 3.8) is 0 Å². The fraction of sp³-hybridized carbons (Fsp3) is 0.579. The fourth-order valence-electron chi connectivity index (χ4n) is 3.16. The van der Waals surface area contributed by atoms with Gasteiger partial charge in [-0.3, -0.25) is 9.59 Å². The Bertz CT molecular complexity index is 582. The van der Waals surface area contributed by atoms with E-state index in [1.54, 1.807) is 4.90 Å². The summed E-state index contributed by atoms with van der Waals surface area (Å²) in [5.74, 6) is 0.852. The third-order valence-corrected chi connectivity index (χ3v) is 4.63.